The van der Waals surface area contributed by atoms with E-state index in [1.54, 1.807) is 11.8 Å². The van der Waals surface area contributed by atoms with Crippen molar-refractivity contribution in [2.24, 2.45) is 7.05 Å². The Morgan fingerprint density at radius 1 is 1.07 bits per heavy atom. The molecule has 146 valence electrons. The number of fused-ring (bicyclic) bond motifs is 1. The molecule has 3 aromatic rings. The normalized spacial score (nSPS) is 14.6. The molecule has 1 aliphatic heterocycles. The van der Waals surface area contributed by atoms with Gasteiger partial charge in [0.1, 0.15) is 5.75 Å². The summed E-state index contributed by atoms with van der Waals surface area (Å²) in [4.78, 5) is 22.1. The number of carbonyl (C=O) groups is 1. The van der Waals surface area contributed by atoms with Gasteiger partial charge in [0, 0.05) is 44.6 Å². The van der Waals surface area contributed by atoms with E-state index in [1.807, 2.05) is 44.0 Å². The van der Waals surface area contributed by atoms with Gasteiger partial charge in [-0.05, 0) is 44.2 Å². The molecule has 1 amide bonds. The third kappa shape index (κ3) is 3.17. The number of rotatable bonds is 3. The third-order valence-electron chi connectivity index (χ3n) is 5.33. The van der Waals surface area contributed by atoms with Crippen LogP contribution in [0.2, 0.25) is 0 Å². The van der Waals surface area contributed by atoms with Crippen molar-refractivity contribution in [2.75, 3.05) is 38.2 Å². The summed E-state index contributed by atoms with van der Waals surface area (Å²) in [6.07, 6.45) is 0. The van der Waals surface area contributed by atoms with Crippen molar-refractivity contribution < 1.29 is 9.53 Å². The molecule has 7 nitrogen and oxygen atoms in total. The molecule has 1 saturated heterocycles. The first-order valence-electron chi connectivity index (χ1n) is 9.47. The lowest BCUT2D eigenvalue weighted by molar-refractivity contribution is 0.0748. The topological polar surface area (TPSA) is 63.5 Å². The first-order chi connectivity index (χ1) is 13.5. The first kappa shape index (κ1) is 18.3. The van der Waals surface area contributed by atoms with E-state index in [9.17, 15) is 4.79 Å². The van der Waals surface area contributed by atoms with Gasteiger partial charge in [-0.3, -0.25) is 9.48 Å². The molecule has 1 fully saturated rings. The van der Waals surface area contributed by atoms with Gasteiger partial charge in [0.05, 0.1) is 23.8 Å². The summed E-state index contributed by atoms with van der Waals surface area (Å²) >= 11 is 0. The zero-order chi connectivity index (χ0) is 19.8. The number of amides is 1. The van der Waals surface area contributed by atoms with E-state index in [0.717, 1.165) is 46.9 Å². The van der Waals surface area contributed by atoms with Crippen LogP contribution in [-0.2, 0) is 7.05 Å². The van der Waals surface area contributed by atoms with Crippen LogP contribution in [0.15, 0.2) is 30.3 Å². The lowest BCUT2D eigenvalue weighted by atomic mass is 10.1. The number of carbonyl (C=O) groups excluding carboxylic acids is 1. The van der Waals surface area contributed by atoms with Crippen LogP contribution in [0.25, 0.3) is 11.0 Å². The second kappa shape index (κ2) is 7.14. The minimum atomic E-state index is 0.0565. The highest BCUT2D eigenvalue weighted by atomic mass is 16.5. The Bertz CT molecular complexity index is 1020. The number of aryl methyl sites for hydroxylation is 3. The van der Waals surface area contributed by atoms with E-state index in [1.165, 1.54) is 0 Å². The molecule has 28 heavy (non-hydrogen) atoms. The maximum absolute atomic E-state index is 13.3. The lowest BCUT2D eigenvalue weighted by Gasteiger charge is -2.36. The van der Waals surface area contributed by atoms with Crippen molar-refractivity contribution in [2.45, 2.75) is 13.8 Å². The summed E-state index contributed by atoms with van der Waals surface area (Å²) in [5, 5.41) is 5.31. The van der Waals surface area contributed by atoms with Crippen molar-refractivity contribution in [1.82, 2.24) is 19.7 Å². The number of ether oxygens (including phenoxy) is 1. The Morgan fingerprint density at radius 3 is 2.39 bits per heavy atom. The Balaban J connectivity index is 1.54. The second-order valence-corrected chi connectivity index (χ2v) is 7.20. The smallest absolute Gasteiger partial charge is 0.254 e. The summed E-state index contributed by atoms with van der Waals surface area (Å²) in [5.74, 6) is 0.905. The first-order valence-corrected chi connectivity index (χ1v) is 9.47. The van der Waals surface area contributed by atoms with Crippen LogP contribution in [0.4, 0.5) is 5.69 Å². The van der Waals surface area contributed by atoms with Gasteiger partial charge in [-0.25, -0.2) is 4.98 Å². The molecule has 2 aromatic heterocycles. The quantitative estimate of drug-likeness (QED) is 0.700. The summed E-state index contributed by atoms with van der Waals surface area (Å²) in [6, 6.07) is 9.94. The Hall–Kier alpha value is -3.09. The van der Waals surface area contributed by atoms with Crippen LogP contribution in [0.3, 0.4) is 0 Å². The predicted octanol–water partition coefficient (Wildman–Crippen LogP) is 2.56. The van der Waals surface area contributed by atoms with Gasteiger partial charge in [-0.15, -0.1) is 0 Å². The largest absolute Gasteiger partial charge is 0.497 e. The standard InChI is InChI=1S/C21H25N5O2/c1-14-13-18(19-15(2)23-24(3)20(19)22-14)21(27)26-11-9-25(10-12-26)16-5-7-17(28-4)8-6-16/h5-8,13H,9-12H2,1-4H3. The van der Waals surface area contributed by atoms with Crippen molar-refractivity contribution in [3.63, 3.8) is 0 Å². The second-order valence-electron chi connectivity index (χ2n) is 7.20. The molecule has 0 bridgehead atoms. The van der Waals surface area contributed by atoms with Gasteiger partial charge in [0.15, 0.2) is 5.65 Å². The number of pyridine rings is 1. The fraction of sp³-hybridized carbons (Fsp3) is 0.381. The molecule has 0 unspecified atom stereocenters. The molecule has 1 aromatic carbocycles. The molecule has 0 spiro atoms. The van der Waals surface area contributed by atoms with Gasteiger partial charge < -0.3 is 14.5 Å². The third-order valence-corrected chi connectivity index (χ3v) is 5.33. The number of benzene rings is 1. The highest BCUT2D eigenvalue weighted by Crippen LogP contribution is 2.25. The average molecular weight is 379 g/mol. The Kier molecular flexibility index (Phi) is 4.66. The number of piperazine rings is 1. The molecular weight excluding hydrogens is 354 g/mol. The molecule has 0 aliphatic carbocycles. The van der Waals surface area contributed by atoms with Crippen molar-refractivity contribution in [3.8, 4) is 5.75 Å². The fourth-order valence-corrected chi connectivity index (χ4v) is 3.87. The number of hydrogen-bond acceptors (Lipinski definition) is 5. The number of hydrogen-bond donors (Lipinski definition) is 0. The van der Waals surface area contributed by atoms with E-state index in [4.69, 9.17) is 4.74 Å². The Morgan fingerprint density at radius 2 is 1.75 bits per heavy atom. The maximum atomic E-state index is 13.3. The minimum Gasteiger partial charge on any atom is -0.497 e. The summed E-state index contributed by atoms with van der Waals surface area (Å²) in [5.41, 5.74) is 4.28. The zero-order valence-electron chi connectivity index (χ0n) is 16.8. The molecule has 1 aliphatic rings. The van der Waals surface area contributed by atoms with E-state index < -0.39 is 0 Å². The monoisotopic (exact) mass is 379 g/mol. The van der Waals surface area contributed by atoms with Crippen LogP contribution in [0, 0.1) is 13.8 Å². The highest BCUT2D eigenvalue weighted by molar-refractivity contribution is 6.06. The van der Waals surface area contributed by atoms with Crippen LogP contribution in [0.1, 0.15) is 21.7 Å². The van der Waals surface area contributed by atoms with E-state index in [-0.39, 0.29) is 5.91 Å². The number of aromatic nitrogens is 3. The van der Waals surface area contributed by atoms with Crippen LogP contribution in [0.5, 0.6) is 5.75 Å². The van der Waals surface area contributed by atoms with Crippen LogP contribution >= 0.6 is 0 Å². The van der Waals surface area contributed by atoms with E-state index >= 15 is 0 Å². The SMILES string of the molecule is COc1ccc(N2CCN(C(=O)c3cc(C)nc4c3c(C)nn4C)CC2)cc1. The predicted molar refractivity (Wildman–Crippen MR) is 109 cm³/mol. The zero-order valence-corrected chi connectivity index (χ0v) is 16.8. The number of methoxy groups -OCH3 is 1. The lowest BCUT2D eigenvalue weighted by Crippen LogP contribution is -2.48. The van der Waals surface area contributed by atoms with Gasteiger partial charge in [0.2, 0.25) is 0 Å². The highest BCUT2D eigenvalue weighted by Gasteiger charge is 2.25. The fourth-order valence-electron chi connectivity index (χ4n) is 3.87. The minimum absolute atomic E-state index is 0.0565. The van der Waals surface area contributed by atoms with Gasteiger partial charge >= 0.3 is 0 Å². The molecule has 0 atom stereocenters. The van der Waals surface area contributed by atoms with Crippen LogP contribution in [-0.4, -0.2) is 58.9 Å². The molecular formula is C21H25N5O2. The molecule has 0 N–H and O–H groups in total. The van der Waals surface area contributed by atoms with Crippen molar-refractivity contribution >= 4 is 22.6 Å². The van der Waals surface area contributed by atoms with Crippen molar-refractivity contribution in [3.05, 3.63) is 47.3 Å². The molecule has 0 saturated carbocycles. The summed E-state index contributed by atoms with van der Waals surface area (Å²) in [6.45, 7) is 6.83. The summed E-state index contributed by atoms with van der Waals surface area (Å²) < 4.78 is 6.97. The molecule has 0 radical (unpaired) electrons. The van der Waals surface area contributed by atoms with Gasteiger partial charge in [0.25, 0.3) is 5.91 Å². The Labute approximate surface area is 164 Å². The number of nitrogens with zero attached hydrogens (tertiary/aromatic N) is 5. The van der Waals surface area contributed by atoms with Gasteiger partial charge in [-0.2, -0.15) is 5.10 Å². The number of anilines is 1. The van der Waals surface area contributed by atoms with E-state index in [0.29, 0.717) is 18.7 Å². The molecule has 7 heteroatoms. The summed E-state index contributed by atoms with van der Waals surface area (Å²) in [7, 11) is 3.53. The van der Waals surface area contributed by atoms with Gasteiger partial charge in [-0.1, -0.05) is 0 Å². The molecule has 3 heterocycles. The molecule has 4 rings (SSSR count). The average Bonchev–Trinajstić information content (AvgIpc) is 3.00. The maximum Gasteiger partial charge on any atom is 0.254 e. The van der Waals surface area contributed by atoms with Crippen molar-refractivity contribution in [1.29, 1.82) is 0 Å². The van der Waals surface area contributed by atoms with E-state index in [2.05, 4.69) is 27.1 Å². The van der Waals surface area contributed by atoms with Crippen LogP contribution < -0.4 is 9.64 Å².